The Labute approximate surface area is 124 Å². The summed E-state index contributed by atoms with van der Waals surface area (Å²) < 4.78 is 5.54. The Morgan fingerprint density at radius 3 is 2.19 bits per heavy atom. The van der Waals surface area contributed by atoms with E-state index >= 15 is 0 Å². The molecule has 0 aliphatic heterocycles. The molecular formula is C14H8ClN3O3. The van der Waals surface area contributed by atoms with Crippen LogP contribution in [0.3, 0.4) is 0 Å². The molecule has 0 radical (unpaired) electrons. The quantitative estimate of drug-likeness (QED) is 0.747. The van der Waals surface area contributed by atoms with Crippen molar-refractivity contribution in [3.63, 3.8) is 0 Å². The lowest BCUT2D eigenvalue weighted by Crippen LogP contribution is -1.94. The van der Waals surface area contributed by atoms with E-state index in [1.807, 2.05) is 0 Å². The number of carboxylic acid groups (broad SMARTS) is 1. The highest BCUT2D eigenvalue weighted by molar-refractivity contribution is 6.29. The van der Waals surface area contributed by atoms with Gasteiger partial charge >= 0.3 is 5.97 Å². The summed E-state index contributed by atoms with van der Waals surface area (Å²) in [4.78, 5) is 14.7. The van der Waals surface area contributed by atoms with Crippen LogP contribution in [0.25, 0.3) is 22.9 Å². The van der Waals surface area contributed by atoms with Gasteiger partial charge in [-0.2, -0.15) is 0 Å². The molecule has 0 fully saturated rings. The minimum Gasteiger partial charge on any atom is -0.478 e. The lowest BCUT2D eigenvalue weighted by atomic mass is 10.1. The molecule has 2 heterocycles. The van der Waals surface area contributed by atoms with Crippen molar-refractivity contribution in [3.05, 3.63) is 53.3 Å². The van der Waals surface area contributed by atoms with Gasteiger partial charge in [0.1, 0.15) is 5.15 Å². The molecule has 6 nitrogen and oxygen atoms in total. The van der Waals surface area contributed by atoms with Gasteiger partial charge in [-0.05, 0) is 36.4 Å². The number of carboxylic acids is 1. The van der Waals surface area contributed by atoms with Gasteiger partial charge in [-0.3, -0.25) is 0 Å². The van der Waals surface area contributed by atoms with Crippen molar-refractivity contribution in [2.24, 2.45) is 0 Å². The zero-order valence-corrected chi connectivity index (χ0v) is 11.3. The molecule has 3 rings (SSSR count). The number of hydrogen-bond acceptors (Lipinski definition) is 5. The SMILES string of the molecule is O=C(O)c1ccc(-c2nnc(-c3ccc(Cl)nc3)o2)cc1. The van der Waals surface area contributed by atoms with Gasteiger partial charge in [-0.1, -0.05) is 11.6 Å². The molecule has 0 amide bonds. The van der Waals surface area contributed by atoms with Gasteiger partial charge in [0.05, 0.1) is 11.1 Å². The minimum absolute atomic E-state index is 0.195. The van der Waals surface area contributed by atoms with Crippen molar-refractivity contribution in [3.8, 4) is 22.9 Å². The third-order valence-electron chi connectivity index (χ3n) is 2.78. The highest BCUT2D eigenvalue weighted by Crippen LogP contribution is 2.24. The molecular weight excluding hydrogens is 294 g/mol. The Morgan fingerprint density at radius 2 is 1.62 bits per heavy atom. The predicted molar refractivity (Wildman–Crippen MR) is 74.9 cm³/mol. The zero-order chi connectivity index (χ0) is 14.8. The first kappa shape index (κ1) is 13.3. The minimum atomic E-state index is -0.986. The molecule has 0 aliphatic carbocycles. The van der Waals surface area contributed by atoms with Gasteiger partial charge in [-0.15, -0.1) is 10.2 Å². The molecule has 1 N–H and O–H groups in total. The van der Waals surface area contributed by atoms with Gasteiger partial charge in [0.25, 0.3) is 0 Å². The van der Waals surface area contributed by atoms with Crippen molar-refractivity contribution < 1.29 is 14.3 Å². The van der Waals surface area contributed by atoms with E-state index in [2.05, 4.69) is 15.2 Å². The number of nitrogens with zero attached hydrogens (tertiary/aromatic N) is 3. The number of pyridine rings is 1. The Hall–Kier alpha value is -2.73. The van der Waals surface area contributed by atoms with E-state index in [1.54, 1.807) is 24.3 Å². The van der Waals surface area contributed by atoms with Crippen molar-refractivity contribution in [2.75, 3.05) is 0 Å². The Kier molecular flexibility index (Phi) is 3.37. The molecule has 0 unspecified atom stereocenters. The highest BCUT2D eigenvalue weighted by Gasteiger charge is 2.11. The van der Waals surface area contributed by atoms with Crippen LogP contribution in [0.4, 0.5) is 0 Å². The van der Waals surface area contributed by atoms with Crippen LogP contribution < -0.4 is 0 Å². The van der Waals surface area contributed by atoms with Gasteiger partial charge in [-0.25, -0.2) is 9.78 Å². The first-order chi connectivity index (χ1) is 10.1. The summed E-state index contributed by atoms with van der Waals surface area (Å²) in [6.07, 6.45) is 1.53. The Balaban J connectivity index is 1.90. The average Bonchev–Trinajstić information content (AvgIpc) is 2.98. The van der Waals surface area contributed by atoms with Crippen LogP contribution in [0.5, 0.6) is 0 Å². The second kappa shape index (κ2) is 5.34. The van der Waals surface area contributed by atoms with Crippen LogP contribution in [-0.4, -0.2) is 26.3 Å². The van der Waals surface area contributed by atoms with Crippen LogP contribution in [0.15, 0.2) is 47.0 Å². The van der Waals surface area contributed by atoms with E-state index < -0.39 is 5.97 Å². The Morgan fingerprint density at radius 1 is 1.00 bits per heavy atom. The fraction of sp³-hybridized carbons (Fsp3) is 0. The molecule has 0 spiro atoms. The summed E-state index contributed by atoms with van der Waals surface area (Å²) in [5.41, 5.74) is 1.49. The number of aromatic nitrogens is 3. The second-order valence-electron chi connectivity index (χ2n) is 4.16. The summed E-state index contributed by atoms with van der Waals surface area (Å²) in [6.45, 7) is 0. The van der Waals surface area contributed by atoms with Crippen molar-refractivity contribution in [1.29, 1.82) is 0 Å². The maximum Gasteiger partial charge on any atom is 0.335 e. The molecule has 3 aromatic rings. The largest absolute Gasteiger partial charge is 0.478 e. The van der Waals surface area contributed by atoms with Crippen molar-refractivity contribution >= 4 is 17.6 Å². The lowest BCUT2D eigenvalue weighted by Gasteiger charge is -1.97. The standard InChI is InChI=1S/C14H8ClN3O3/c15-11-6-5-10(7-16-11)13-18-17-12(21-13)8-1-3-9(4-2-8)14(19)20/h1-7H,(H,19,20). The molecule has 21 heavy (non-hydrogen) atoms. The van der Waals surface area contributed by atoms with Gasteiger partial charge < -0.3 is 9.52 Å². The molecule has 0 saturated heterocycles. The summed E-state index contributed by atoms with van der Waals surface area (Å²) in [5, 5.41) is 17.1. The number of halogens is 1. The number of carbonyl (C=O) groups is 1. The molecule has 0 bridgehead atoms. The first-order valence-electron chi connectivity index (χ1n) is 5.92. The summed E-state index contributed by atoms with van der Waals surface area (Å²) >= 11 is 5.71. The van der Waals surface area contributed by atoms with E-state index in [-0.39, 0.29) is 5.56 Å². The van der Waals surface area contributed by atoms with Crippen LogP contribution in [0.1, 0.15) is 10.4 Å². The topological polar surface area (TPSA) is 89.1 Å². The fourth-order valence-electron chi connectivity index (χ4n) is 1.71. The first-order valence-corrected chi connectivity index (χ1v) is 6.30. The van der Waals surface area contributed by atoms with E-state index in [0.717, 1.165) is 0 Å². The van der Waals surface area contributed by atoms with E-state index in [9.17, 15) is 4.79 Å². The molecule has 2 aromatic heterocycles. The van der Waals surface area contributed by atoms with Gasteiger partial charge in [0.15, 0.2) is 0 Å². The molecule has 104 valence electrons. The van der Waals surface area contributed by atoms with Crippen molar-refractivity contribution in [2.45, 2.75) is 0 Å². The van der Waals surface area contributed by atoms with Crippen LogP contribution in [-0.2, 0) is 0 Å². The highest BCUT2D eigenvalue weighted by atomic mass is 35.5. The fourth-order valence-corrected chi connectivity index (χ4v) is 1.83. The van der Waals surface area contributed by atoms with E-state index in [0.29, 0.717) is 28.1 Å². The summed E-state index contributed by atoms with van der Waals surface area (Å²) in [6, 6.07) is 9.53. The van der Waals surface area contributed by atoms with E-state index in [1.165, 1.54) is 18.3 Å². The molecule has 1 aromatic carbocycles. The summed E-state index contributed by atoms with van der Waals surface area (Å²) in [5.74, 6) is -0.367. The normalized spacial score (nSPS) is 10.5. The number of aromatic carboxylic acids is 1. The number of benzene rings is 1. The monoisotopic (exact) mass is 301 g/mol. The van der Waals surface area contributed by atoms with Gasteiger partial charge in [0.2, 0.25) is 11.8 Å². The summed E-state index contributed by atoms with van der Waals surface area (Å²) in [7, 11) is 0. The number of rotatable bonds is 3. The van der Waals surface area contributed by atoms with Gasteiger partial charge in [0, 0.05) is 11.8 Å². The molecule has 0 atom stereocenters. The molecule has 0 aliphatic rings. The maximum absolute atomic E-state index is 10.8. The second-order valence-corrected chi connectivity index (χ2v) is 4.55. The van der Waals surface area contributed by atoms with Crippen molar-refractivity contribution in [1.82, 2.24) is 15.2 Å². The van der Waals surface area contributed by atoms with Crippen LogP contribution >= 0.6 is 11.6 Å². The third-order valence-corrected chi connectivity index (χ3v) is 3.00. The van der Waals surface area contributed by atoms with E-state index in [4.69, 9.17) is 21.1 Å². The molecule has 0 saturated carbocycles. The third kappa shape index (κ3) is 2.75. The average molecular weight is 302 g/mol. The Bertz CT molecular complexity index is 782. The molecule has 7 heteroatoms. The van der Waals surface area contributed by atoms with Crippen LogP contribution in [0, 0.1) is 0 Å². The predicted octanol–water partition coefficient (Wildman–Crippen LogP) is 3.15. The number of hydrogen-bond donors (Lipinski definition) is 1. The zero-order valence-electron chi connectivity index (χ0n) is 10.5. The smallest absolute Gasteiger partial charge is 0.335 e. The lowest BCUT2D eigenvalue weighted by molar-refractivity contribution is 0.0697. The maximum atomic E-state index is 10.8. The van der Waals surface area contributed by atoms with Crippen LogP contribution in [0.2, 0.25) is 5.15 Å².